The van der Waals surface area contributed by atoms with Gasteiger partial charge in [-0.3, -0.25) is 4.79 Å². The maximum absolute atomic E-state index is 13.0. The van der Waals surface area contributed by atoms with Gasteiger partial charge in [-0.2, -0.15) is 4.31 Å². The Morgan fingerprint density at radius 2 is 1.96 bits per heavy atom. The van der Waals surface area contributed by atoms with Crippen molar-refractivity contribution in [3.8, 4) is 0 Å². The summed E-state index contributed by atoms with van der Waals surface area (Å²) in [5, 5.41) is 3.25. The van der Waals surface area contributed by atoms with Crippen molar-refractivity contribution in [1.82, 2.24) is 4.31 Å². The molecule has 1 aliphatic heterocycles. The van der Waals surface area contributed by atoms with E-state index in [9.17, 15) is 13.2 Å². The van der Waals surface area contributed by atoms with Crippen LogP contribution in [0.25, 0.3) is 0 Å². The van der Waals surface area contributed by atoms with E-state index in [1.807, 2.05) is 12.1 Å². The molecule has 0 spiro atoms. The fraction of sp³-hybridized carbons (Fsp3) is 0.278. The lowest BCUT2D eigenvalue weighted by molar-refractivity contribution is -0.120. The van der Waals surface area contributed by atoms with Crippen LogP contribution in [0.1, 0.15) is 12.8 Å². The van der Waals surface area contributed by atoms with Crippen molar-refractivity contribution in [1.29, 1.82) is 0 Å². The Morgan fingerprint density at radius 3 is 2.70 bits per heavy atom. The molecule has 1 amide bonds. The molecule has 1 N–H and O–H groups in total. The van der Waals surface area contributed by atoms with E-state index in [0.717, 1.165) is 4.47 Å². The third kappa shape index (κ3) is 4.84. The van der Waals surface area contributed by atoms with Crippen LogP contribution in [-0.2, 0) is 14.8 Å². The van der Waals surface area contributed by atoms with Crippen molar-refractivity contribution >= 4 is 60.7 Å². The zero-order chi connectivity index (χ0) is 19.6. The number of benzene rings is 2. The average Bonchev–Trinajstić information content (AvgIpc) is 2.63. The largest absolute Gasteiger partial charge is 0.326 e. The number of nitrogens with zero attached hydrogens (tertiary/aromatic N) is 1. The smallest absolute Gasteiger partial charge is 0.244 e. The molecule has 1 aliphatic rings. The van der Waals surface area contributed by atoms with Crippen molar-refractivity contribution in [3.05, 3.63) is 57.0 Å². The van der Waals surface area contributed by atoms with E-state index < -0.39 is 15.9 Å². The lowest BCUT2D eigenvalue weighted by atomic mass is 9.99. The Labute approximate surface area is 176 Å². The molecule has 0 saturated carbocycles. The number of hydrogen-bond acceptors (Lipinski definition) is 3. The van der Waals surface area contributed by atoms with Gasteiger partial charge in [0.05, 0.1) is 10.9 Å². The third-order valence-electron chi connectivity index (χ3n) is 4.36. The molecule has 2 aromatic carbocycles. The van der Waals surface area contributed by atoms with Gasteiger partial charge in [-0.05, 0) is 49.2 Å². The van der Waals surface area contributed by atoms with Gasteiger partial charge >= 0.3 is 0 Å². The van der Waals surface area contributed by atoms with Crippen molar-refractivity contribution < 1.29 is 13.2 Å². The summed E-state index contributed by atoms with van der Waals surface area (Å²) in [6.07, 6.45) is 1.21. The number of sulfonamides is 1. The van der Waals surface area contributed by atoms with Crippen LogP contribution in [0, 0.1) is 5.92 Å². The molecular formula is C18H17BrCl2N2O3S. The molecule has 144 valence electrons. The molecule has 0 radical (unpaired) electrons. The summed E-state index contributed by atoms with van der Waals surface area (Å²) in [4.78, 5) is 12.6. The zero-order valence-electron chi connectivity index (χ0n) is 14.2. The SMILES string of the molecule is O=C(Nc1cccc(Br)c1)[C@@H]1CCCN(S(=O)(=O)c2cc(Cl)ccc2Cl)C1. The maximum Gasteiger partial charge on any atom is 0.244 e. The summed E-state index contributed by atoms with van der Waals surface area (Å²) in [6, 6.07) is 11.6. The fourth-order valence-electron chi connectivity index (χ4n) is 3.00. The minimum absolute atomic E-state index is 0.0373. The van der Waals surface area contributed by atoms with Gasteiger partial charge in [0.15, 0.2) is 0 Å². The molecule has 1 saturated heterocycles. The molecule has 2 aromatic rings. The van der Waals surface area contributed by atoms with E-state index in [2.05, 4.69) is 21.2 Å². The van der Waals surface area contributed by atoms with Crippen molar-refractivity contribution in [2.45, 2.75) is 17.7 Å². The number of halogens is 3. The van der Waals surface area contributed by atoms with E-state index in [-0.39, 0.29) is 22.4 Å². The molecular weight excluding hydrogens is 475 g/mol. The van der Waals surface area contributed by atoms with Crippen LogP contribution in [-0.4, -0.2) is 31.7 Å². The molecule has 0 aromatic heterocycles. The highest BCUT2D eigenvalue weighted by atomic mass is 79.9. The van der Waals surface area contributed by atoms with E-state index in [4.69, 9.17) is 23.2 Å². The van der Waals surface area contributed by atoms with Gasteiger partial charge in [-0.15, -0.1) is 0 Å². The number of carbonyl (C=O) groups is 1. The number of anilines is 1. The van der Waals surface area contributed by atoms with Gasteiger partial charge in [-0.1, -0.05) is 45.2 Å². The van der Waals surface area contributed by atoms with Crippen molar-refractivity contribution in [3.63, 3.8) is 0 Å². The van der Waals surface area contributed by atoms with Crippen LogP contribution < -0.4 is 5.32 Å². The Hall–Kier alpha value is -1.12. The molecule has 0 aliphatic carbocycles. The van der Waals surface area contributed by atoms with Crippen LogP contribution in [0.15, 0.2) is 51.8 Å². The highest BCUT2D eigenvalue weighted by molar-refractivity contribution is 9.10. The van der Waals surface area contributed by atoms with Crippen LogP contribution in [0.4, 0.5) is 5.69 Å². The minimum Gasteiger partial charge on any atom is -0.326 e. The lowest BCUT2D eigenvalue weighted by Crippen LogP contribution is -2.43. The van der Waals surface area contributed by atoms with Crippen molar-refractivity contribution in [2.75, 3.05) is 18.4 Å². The summed E-state index contributed by atoms with van der Waals surface area (Å²) >= 11 is 15.4. The van der Waals surface area contributed by atoms with Gasteiger partial charge in [-0.25, -0.2) is 8.42 Å². The Morgan fingerprint density at radius 1 is 1.19 bits per heavy atom. The van der Waals surface area contributed by atoms with Crippen molar-refractivity contribution in [2.24, 2.45) is 5.92 Å². The van der Waals surface area contributed by atoms with Gasteiger partial charge in [0, 0.05) is 28.3 Å². The maximum atomic E-state index is 13.0. The second kappa shape index (κ2) is 8.49. The van der Waals surface area contributed by atoms with Gasteiger partial charge in [0.1, 0.15) is 4.90 Å². The van der Waals surface area contributed by atoms with E-state index in [1.54, 1.807) is 12.1 Å². The minimum atomic E-state index is -3.83. The predicted octanol–water partition coefficient (Wildman–Crippen LogP) is 4.80. The number of hydrogen-bond donors (Lipinski definition) is 1. The Kier molecular flexibility index (Phi) is 6.48. The van der Waals surface area contributed by atoms with E-state index in [0.29, 0.717) is 30.1 Å². The highest BCUT2D eigenvalue weighted by Crippen LogP contribution is 2.30. The third-order valence-corrected chi connectivity index (χ3v) is 7.43. The molecule has 3 rings (SSSR count). The Bertz CT molecular complexity index is 969. The first kappa shape index (κ1) is 20.6. The number of amides is 1. The van der Waals surface area contributed by atoms with Crippen LogP contribution in [0.2, 0.25) is 10.0 Å². The Balaban J connectivity index is 1.77. The monoisotopic (exact) mass is 490 g/mol. The second-order valence-corrected chi connectivity index (χ2v) is 9.94. The summed E-state index contributed by atoms with van der Waals surface area (Å²) in [7, 11) is -3.83. The molecule has 0 unspecified atom stereocenters. The molecule has 1 atom stereocenters. The van der Waals surface area contributed by atoms with Crippen LogP contribution >= 0.6 is 39.1 Å². The average molecular weight is 492 g/mol. The molecule has 5 nitrogen and oxygen atoms in total. The topological polar surface area (TPSA) is 66.5 Å². The summed E-state index contributed by atoms with van der Waals surface area (Å²) in [6.45, 7) is 0.441. The lowest BCUT2D eigenvalue weighted by Gasteiger charge is -2.31. The first-order chi connectivity index (χ1) is 12.8. The van der Waals surface area contributed by atoms with Crippen LogP contribution in [0.3, 0.4) is 0 Å². The summed E-state index contributed by atoms with van der Waals surface area (Å²) in [5.74, 6) is -0.643. The number of carbonyl (C=O) groups excluding carboxylic acids is 1. The fourth-order valence-corrected chi connectivity index (χ4v) is 5.66. The predicted molar refractivity (Wildman–Crippen MR) is 111 cm³/mol. The number of piperidine rings is 1. The standard InChI is InChI=1S/C18H17BrCl2N2O3S/c19-13-4-1-5-15(9-13)22-18(24)12-3-2-8-23(11-12)27(25,26)17-10-14(20)6-7-16(17)21/h1,4-7,9-10,12H,2-3,8,11H2,(H,22,24)/t12-/m1/s1. The normalized spacial score (nSPS) is 18.3. The molecule has 0 bridgehead atoms. The number of nitrogens with one attached hydrogen (secondary N) is 1. The molecule has 1 fully saturated rings. The van der Waals surface area contributed by atoms with Gasteiger partial charge in [0.2, 0.25) is 15.9 Å². The molecule has 1 heterocycles. The number of rotatable bonds is 4. The first-order valence-electron chi connectivity index (χ1n) is 8.29. The van der Waals surface area contributed by atoms with E-state index in [1.165, 1.54) is 22.5 Å². The summed E-state index contributed by atoms with van der Waals surface area (Å²) < 4.78 is 28.1. The molecule has 9 heteroatoms. The second-order valence-electron chi connectivity index (χ2n) is 6.28. The summed E-state index contributed by atoms with van der Waals surface area (Å²) in [5.41, 5.74) is 0.659. The van der Waals surface area contributed by atoms with Gasteiger partial charge < -0.3 is 5.32 Å². The quantitative estimate of drug-likeness (QED) is 0.668. The van der Waals surface area contributed by atoms with E-state index >= 15 is 0 Å². The van der Waals surface area contributed by atoms with Gasteiger partial charge in [0.25, 0.3) is 0 Å². The van der Waals surface area contributed by atoms with Crippen LogP contribution in [0.5, 0.6) is 0 Å². The highest BCUT2D eigenvalue weighted by Gasteiger charge is 2.34. The first-order valence-corrected chi connectivity index (χ1v) is 11.3. The molecule has 27 heavy (non-hydrogen) atoms. The zero-order valence-corrected chi connectivity index (χ0v) is 18.1.